The molecule has 5 nitrogen and oxygen atoms in total. The Labute approximate surface area is 163 Å². The van der Waals surface area contributed by atoms with E-state index >= 15 is 0 Å². The summed E-state index contributed by atoms with van der Waals surface area (Å²) >= 11 is 1.66. The van der Waals surface area contributed by atoms with E-state index < -0.39 is 0 Å². The Morgan fingerprint density at radius 2 is 1.93 bits per heavy atom. The molecule has 0 aromatic heterocycles. The van der Waals surface area contributed by atoms with Crippen LogP contribution in [0.25, 0.3) is 0 Å². The number of hydrogen-bond donors (Lipinski definition) is 1. The molecule has 6 heteroatoms. The summed E-state index contributed by atoms with van der Waals surface area (Å²) in [6, 6.07) is 13.1. The lowest BCUT2D eigenvalue weighted by Gasteiger charge is -2.46. The highest BCUT2D eigenvalue weighted by Gasteiger charge is 2.37. The first-order valence-electron chi connectivity index (χ1n) is 9.22. The van der Waals surface area contributed by atoms with Gasteiger partial charge in [0.25, 0.3) is 11.8 Å². The summed E-state index contributed by atoms with van der Waals surface area (Å²) in [4.78, 5) is 30.8. The highest BCUT2D eigenvalue weighted by atomic mass is 32.2. The minimum atomic E-state index is -0.165. The lowest BCUT2D eigenvalue weighted by molar-refractivity contribution is 0.0589. The van der Waals surface area contributed by atoms with E-state index in [-0.39, 0.29) is 18.0 Å². The highest BCUT2D eigenvalue weighted by Crippen LogP contribution is 2.35. The van der Waals surface area contributed by atoms with Gasteiger partial charge in [0.2, 0.25) is 0 Å². The van der Waals surface area contributed by atoms with Crippen molar-refractivity contribution in [3.63, 3.8) is 0 Å². The van der Waals surface area contributed by atoms with Crippen molar-refractivity contribution in [3.8, 4) is 0 Å². The molecular weight excluding hydrogens is 358 g/mol. The molecule has 0 bridgehead atoms. The number of anilines is 2. The summed E-state index contributed by atoms with van der Waals surface area (Å²) < 4.78 is 0. The maximum Gasteiger partial charge on any atom is 0.257 e. The minimum Gasteiger partial charge on any atom is -0.354 e. The van der Waals surface area contributed by atoms with Crippen LogP contribution in [0.15, 0.2) is 47.4 Å². The molecule has 1 fully saturated rings. The van der Waals surface area contributed by atoms with Crippen LogP contribution in [0.3, 0.4) is 0 Å². The summed E-state index contributed by atoms with van der Waals surface area (Å²) in [5.41, 5.74) is 2.84. The Kier molecular flexibility index (Phi) is 4.83. The molecule has 2 amide bonds. The summed E-state index contributed by atoms with van der Waals surface area (Å²) in [6.07, 6.45) is 5.27. The van der Waals surface area contributed by atoms with Crippen LogP contribution < -0.4 is 10.2 Å². The van der Waals surface area contributed by atoms with E-state index in [1.165, 1.54) is 0 Å². The number of nitrogens with zero attached hydrogens (tertiary/aromatic N) is 2. The molecule has 1 N–H and O–H groups in total. The normalized spacial score (nSPS) is 18.7. The van der Waals surface area contributed by atoms with E-state index in [0.29, 0.717) is 11.1 Å². The van der Waals surface area contributed by atoms with Crippen LogP contribution in [0.1, 0.15) is 40.0 Å². The standard InChI is InChI=1S/C21H23N3O2S/c1-23-18-13-14(20(25)22-15-7-9-16(27-2)10-8-15)6-11-17(18)21(26)24-12-4-3-5-19(23)24/h6-11,13,19H,3-5,12H2,1-2H3,(H,22,25)/t19-/m1/s1. The molecule has 0 aliphatic carbocycles. The van der Waals surface area contributed by atoms with E-state index in [9.17, 15) is 9.59 Å². The van der Waals surface area contributed by atoms with E-state index in [1.807, 2.05) is 48.5 Å². The molecule has 0 saturated carbocycles. The van der Waals surface area contributed by atoms with Crippen LogP contribution in [0, 0.1) is 0 Å². The fourth-order valence-corrected chi connectivity index (χ4v) is 4.30. The zero-order chi connectivity index (χ0) is 19.0. The van der Waals surface area contributed by atoms with Crippen molar-refractivity contribution >= 4 is 35.0 Å². The quantitative estimate of drug-likeness (QED) is 0.815. The number of benzene rings is 2. The van der Waals surface area contributed by atoms with Crippen molar-refractivity contribution in [1.82, 2.24) is 4.90 Å². The Hall–Kier alpha value is -2.47. The van der Waals surface area contributed by atoms with Crippen LogP contribution in [0.2, 0.25) is 0 Å². The van der Waals surface area contributed by atoms with Gasteiger partial charge in [-0.1, -0.05) is 0 Å². The molecule has 0 unspecified atom stereocenters. The molecule has 0 radical (unpaired) electrons. The van der Waals surface area contributed by atoms with E-state index in [4.69, 9.17) is 0 Å². The average Bonchev–Trinajstić information content (AvgIpc) is 2.72. The molecule has 27 heavy (non-hydrogen) atoms. The Balaban J connectivity index is 1.59. The Morgan fingerprint density at radius 1 is 1.15 bits per heavy atom. The van der Waals surface area contributed by atoms with E-state index in [1.54, 1.807) is 23.9 Å². The molecule has 1 saturated heterocycles. The van der Waals surface area contributed by atoms with Gasteiger partial charge in [0.15, 0.2) is 0 Å². The van der Waals surface area contributed by atoms with Gasteiger partial charge >= 0.3 is 0 Å². The fraction of sp³-hybridized carbons (Fsp3) is 0.333. The van der Waals surface area contributed by atoms with Crippen LogP contribution in [0.4, 0.5) is 11.4 Å². The monoisotopic (exact) mass is 381 g/mol. The molecule has 2 aromatic rings. The number of amides is 2. The molecule has 140 valence electrons. The predicted octanol–water partition coefficient (Wildman–Crippen LogP) is 4.06. The van der Waals surface area contributed by atoms with Gasteiger partial charge in [0.05, 0.1) is 11.3 Å². The van der Waals surface area contributed by atoms with Gasteiger partial charge in [-0.25, -0.2) is 0 Å². The van der Waals surface area contributed by atoms with Crippen LogP contribution in [0.5, 0.6) is 0 Å². The lowest BCUT2D eigenvalue weighted by Crippen LogP contribution is -2.55. The fourth-order valence-electron chi connectivity index (χ4n) is 3.89. The van der Waals surface area contributed by atoms with Crippen molar-refractivity contribution in [2.24, 2.45) is 0 Å². The van der Waals surface area contributed by atoms with Gasteiger partial charge in [0.1, 0.15) is 6.17 Å². The van der Waals surface area contributed by atoms with Crippen molar-refractivity contribution < 1.29 is 9.59 Å². The first kappa shape index (κ1) is 17.9. The van der Waals surface area contributed by atoms with E-state index in [0.717, 1.165) is 42.1 Å². The molecule has 4 rings (SSSR count). The highest BCUT2D eigenvalue weighted by molar-refractivity contribution is 7.98. The third-order valence-electron chi connectivity index (χ3n) is 5.40. The average molecular weight is 382 g/mol. The summed E-state index contributed by atoms with van der Waals surface area (Å²) in [5.74, 6) is -0.0889. The number of fused-ring (bicyclic) bond motifs is 2. The van der Waals surface area contributed by atoms with Gasteiger partial charge in [-0.3, -0.25) is 9.59 Å². The lowest BCUT2D eigenvalue weighted by atomic mass is 9.97. The maximum atomic E-state index is 12.8. The van der Waals surface area contributed by atoms with Crippen LogP contribution >= 0.6 is 11.8 Å². The molecule has 2 aliphatic heterocycles. The minimum absolute atomic E-state index is 0.0763. The van der Waals surface area contributed by atoms with Gasteiger partial charge in [0, 0.05) is 29.7 Å². The first-order chi connectivity index (χ1) is 13.1. The second-order valence-electron chi connectivity index (χ2n) is 7.00. The zero-order valence-corrected chi connectivity index (χ0v) is 16.4. The van der Waals surface area contributed by atoms with Crippen molar-refractivity contribution in [2.45, 2.75) is 30.3 Å². The SMILES string of the molecule is CSc1ccc(NC(=O)c2ccc3c(c2)N(C)[C@H]2CCCCN2C3=O)cc1. The number of piperidine rings is 1. The number of carbonyl (C=O) groups excluding carboxylic acids is 2. The molecular formula is C21H23N3O2S. The van der Waals surface area contributed by atoms with Gasteiger partial charge in [-0.2, -0.15) is 0 Å². The molecule has 1 atom stereocenters. The van der Waals surface area contributed by atoms with Crippen LogP contribution in [-0.2, 0) is 0 Å². The zero-order valence-electron chi connectivity index (χ0n) is 15.6. The second-order valence-corrected chi connectivity index (χ2v) is 7.88. The number of thioether (sulfide) groups is 1. The molecule has 2 heterocycles. The Morgan fingerprint density at radius 3 is 2.67 bits per heavy atom. The number of nitrogens with one attached hydrogen (secondary N) is 1. The molecule has 2 aliphatic rings. The largest absolute Gasteiger partial charge is 0.354 e. The summed E-state index contributed by atoms with van der Waals surface area (Å²) in [7, 11) is 2.01. The van der Waals surface area contributed by atoms with E-state index in [2.05, 4.69) is 10.2 Å². The first-order valence-corrected chi connectivity index (χ1v) is 10.4. The smallest absolute Gasteiger partial charge is 0.257 e. The molecule has 2 aromatic carbocycles. The molecule has 0 spiro atoms. The number of carbonyl (C=O) groups is 2. The number of hydrogen-bond acceptors (Lipinski definition) is 4. The third-order valence-corrected chi connectivity index (χ3v) is 6.14. The van der Waals surface area contributed by atoms with Crippen LogP contribution in [-0.4, -0.2) is 42.7 Å². The van der Waals surface area contributed by atoms with Gasteiger partial charge < -0.3 is 15.1 Å². The van der Waals surface area contributed by atoms with Gasteiger partial charge in [-0.15, -0.1) is 11.8 Å². The van der Waals surface area contributed by atoms with Crippen molar-refractivity contribution in [2.75, 3.05) is 30.1 Å². The Bertz CT molecular complexity index is 881. The van der Waals surface area contributed by atoms with Crippen molar-refractivity contribution in [3.05, 3.63) is 53.6 Å². The summed E-state index contributed by atoms with van der Waals surface area (Å²) in [5, 5.41) is 2.94. The predicted molar refractivity (Wildman–Crippen MR) is 110 cm³/mol. The second kappa shape index (κ2) is 7.27. The summed E-state index contributed by atoms with van der Waals surface area (Å²) in [6.45, 7) is 0.807. The maximum absolute atomic E-state index is 12.8. The number of rotatable bonds is 3. The van der Waals surface area contributed by atoms with Crippen molar-refractivity contribution in [1.29, 1.82) is 0 Å². The van der Waals surface area contributed by atoms with Gasteiger partial charge in [-0.05, 0) is 68.0 Å². The topological polar surface area (TPSA) is 52.7 Å². The third kappa shape index (κ3) is 3.30.